The van der Waals surface area contributed by atoms with E-state index in [2.05, 4.69) is 15.2 Å². The summed E-state index contributed by atoms with van der Waals surface area (Å²) in [6, 6.07) is 11.0. The molecule has 6 nitrogen and oxygen atoms in total. The van der Waals surface area contributed by atoms with Gasteiger partial charge >= 0.3 is 0 Å². The lowest BCUT2D eigenvalue weighted by atomic mass is 10.1. The van der Waals surface area contributed by atoms with Crippen molar-refractivity contribution in [3.8, 4) is 22.9 Å². The summed E-state index contributed by atoms with van der Waals surface area (Å²) in [5.74, 6) is 2.01. The van der Waals surface area contributed by atoms with E-state index in [1.54, 1.807) is 12.1 Å². The molecule has 0 spiro atoms. The van der Waals surface area contributed by atoms with Gasteiger partial charge in [-0.25, -0.2) is 9.37 Å². The third-order valence-corrected chi connectivity index (χ3v) is 3.83. The smallest absolute Gasteiger partial charge is 0.181 e. The third-order valence-electron chi connectivity index (χ3n) is 3.83. The van der Waals surface area contributed by atoms with Gasteiger partial charge in [-0.3, -0.25) is 5.10 Å². The lowest BCUT2D eigenvalue weighted by Crippen LogP contribution is -2.13. The molecule has 1 unspecified atom stereocenters. The van der Waals surface area contributed by atoms with Gasteiger partial charge in [0.25, 0.3) is 0 Å². The lowest BCUT2D eigenvalue weighted by Gasteiger charge is -2.11. The summed E-state index contributed by atoms with van der Waals surface area (Å²) in [7, 11) is 0. The van der Waals surface area contributed by atoms with E-state index in [0.29, 0.717) is 36.4 Å². The van der Waals surface area contributed by atoms with E-state index in [-0.39, 0.29) is 5.82 Å². The molecule has 1 atom stereocenters. The molecular formula is C19H21FN4O2. The highest BCUT2D eigenvalue weighted by Crippen LogP contribution is 2.32. The zero-order valence-electron chi connectivity index (χ0n) is 14.7. The van der Waals surface area contributed by atoms with Gasteiger partial charge in [0.2, 0.25) is 0 Å². The summed E-state index contributed by atoms with van der Waals surface area (Å²) < 4.78 is 24.3. The molecule has 3 N–H and O–H groups in total. The van der Waals surface area contributed by atoms with Crippen LogP contribution in [0.2, 0.25) is 0 Å². The molecular weight excluding hydrogens is 335 g/mol. The fourth-order valence-corrected chi connectivity index (χ4v) is 2.56. The first kappa shape index (κ1) is 17.9. The Hall–Kier alpha value is -2.93. The second kappa shape index (κ2) is 7.97. The predicted octanol–water partition coefficient (Wildman–Crippen LogP) is 3.46. The maximum atomic E-state index is 13.1. The average Bonchev–Trinajstić information content (AvgIpc) is 3.14. The number of H-pyrrole nitrogens is 1. The van der Waals surface area contributed by atoms with E-state index in [0.717, 1.165) is 11.1 Å². The van der Waals surface area contributed by atoms with Crippen molar-refractivity contribution in [3.63, 3.8) is 0 Å². The van der Waals surface area contributed by atoms with Crippen molar-refractivity contribution in [1.82, 2.24) is 15.2 Å². The van der Waals surface area contributed by atoms with Crippen LogP contribution in [-0.2, 0) is 0 Å². The van der Waals surface area contributed by atoms with Gasteiger partial charge in [0, 0.05) is 5.56 Å². The molecule has 1 heterocycles. The Morgan fingerprint density at radius 3 is 2.42 bits per heavy atom. The molecule has 0 radical (unpaired) electrons. The number of halogens is 1. The standard InChI is InChI=1S/C19H21FN4O2/c1-3-25-15-10-7-13(11-16(15)26-4-2)18-22-19(24-23-18)17(21)12-5-8-14(20)9-6-12/h5-11,17H,3-4,21H2,1-2H3,(H,22,23,24). The highest BCUT2D eigenvalue weighted by Gasteiger charge is 2.16. The summed E-state index contributed by atoms with van der Waals surface area (Å²) >= 11 is 0. The number of nitrogens with two attached hydrogens (primary N) is 1. The maximum absolute atomic E-state index is 13.1. The summed E-state index contributed by atoms with van der Waals surface area (Å²) in [5.41, 5.74) is 7.73. The number of hydrogen-bond acceptors (Lipinski definition) is 5. The molecule has 0 saturated carbocycles. The minimum Gasteiger partial charge on any atom is -0.490 e. The van der Waals surface area contributed by atoms with E-state index in [1.807, 2.05) is 32.0 Å². The number of aromatic nitrogens is 3. The zero-order chi connectivity index (χ0) is 18.5. The fourth-order valence-electron chi connectivity index (χ4n) is 2.56. The molecule has 0 aliphatic rings. The van der Waals surface area contributed by atoms with Gasteiger partial charge in [0.15, 0.2) is 17.3 Å². The van der Waals surface area contributed by atoms with E-state index in [9.17, 15) is 4.39 Å². The van der Waals surface area contributed by atoms with Crippen molar-refractivity contribution in [3.05, 3.63) is 59.7 Å². The van der Waals surface area contributed by atoms with E-state index >= 15 is 0 Å². The lowest BCUT2D eigenvalue weighted by molar-refractivity contribution is 0.288. The first-order chi connectivity index (χ1) is 12.6. The van der Waals surface area contributed by atoms with E-state index < -0.39 is 6.04 Å². The Balaban J connectivity index is 1.87. The van der Waals surface area contributed by atoms with E-state index in [4.69, 9.17) is 15.2 Å². The fraction of sp³-hybridized carbons (Fsp3) is 0.263. The van der Waals surface area contributed by atoms with Gasteiger partial charge in [-0.05, 0) is 49.7 Å². The van der Waals surface area contributed by atoms with E-state index in [1.165, 1.54) is 12.1 Å². The van der Waals surface area contributed by atoms with Gasteiger partial charge in [-0.1, -0.05) is 12.1 Å². The van der Waals surface area contributed by atoms with Crippen LogP contribution in [0.3, 0.4) is 0 Å². The quantitative estimate of drug-likeness (QED) is 0.677. The van der Waals surface area contributed by atoms with Crippen molar-refractivity contribution in [2.75, 3.05) is 13.2 Å². The second-order valence-corrected chi connectivity index (χ2v) is 5.60. The summed E-state index contributed by atoms with van der Waals surface area (Å²) in [6.07, 6.45) is 0. The highest BCUT2D eigenvalue weighted by atomic mass is 19.1. The number of ether oxygens (including phenoxy) is 2. The van der Waals surface area contributed by atoms with Crippen molar-refractivity contribution >= 4 is 0 Å². The Kier molecular flexibility index (Phi) is 5.48. The first-order valence-corrected chi connectivity index (χ1v) is 8.45. The molecule has 3 aromatic rings. The van der Waals surface area contributed by atoms with Crippen molar-refractivity contribution in [2.24, 2.45) is 5.73 Å². The number of nitrogens with zero attached hydrogens (tertiary/aromatic N) is 2. The van der Waals surface area contributed by atoms with Crippen molar-refractivity contribution in [2.45, 2.75) is 19.9 Å². The van der Waals surface area contributed by atoms with Crippen LogP contribution in [0.15, 0.2) is 42.5 Å². The number of rotatable bonds is 7. The Bertz CT molecular complexity index is 864. The molecule has 136 valence electrons. The van der Waals surface area contributed by atoms with Crippen LogP contribution < -0.4 is 15.2 Å². The number of hydrogen-bond donors (Lipinski definition) is 2. The SMILES string of the molecule is CCOc1ccc(-c2n[nH]c(C(N)c3ccc(F)cc3)n2)cc1OCC. The molecule has 3 rings (SSSR count). The summed E-state index contributed by atoms with van der Waals surface area (Å²) in [5, 5.41) is 7.10. The van der Waals surface area contributed by atoms with Crippen molar-refractivity contribution in [1.29, 1.82) is 0 Å². The second-order valence-electron chi connectivity index (χ2n) is 5.60. The molecule has 0 aliphatic carbocycles. The number of benzene rings is 2. The minimum absolute atomic E-state index is 0.308. The average molecular weight is 356 g/mol. The Morgan fingerprint density at radius 1 is 1.04 bits per heavy atom. The van der Waals surface area contributed by atoms with Crippen LogP contribution in [0.25, 0.3) is 11.4 Å². The van der Waals surface area contributed by atoms with Crippen LogP contribution in [0, 0.1) is 5.82 Å². The highest BCUT2D eigenvalue weighted by molar-refractivity contribution is 5.61. The van der Waals surface area contributed by atoms with Crippen LogP contribution in [0.4, 0.5) is 4.39 Å². The number of aromatic amines is 1. The molecule has 0 bridgehead atoms. The summed E-state index contributed by atoms with van der Waals surface area (Å²) in [6.45, 7) is 4.91. The first-order valence-electron chi connectivity index (χ1n) is 8.45. The third kappa shape index (κ3) is 3.83. The van der Waals surface area contributed by atoms with Gasteiger partial charge in [-0.15, -0.1) is 0 Å². The predicted molar refractivity (Wildman–Crippen MR) is 96.6 cm³/mol. The molecule has 26 heavy (non-hydrogen) atoms. The molecule has 1 aromatic heterocycles. The zero-order valence-corrected chi connectivity index (χ0v) is 14.7. The molecule has 0 amide bonds. The van der Waals surface area contributed by atoms with Gasteiger partial charge in [0.1, 0.15) is 11.6 Å². The van der Waals surface area contributed by atoms with Crippen LogP contribution >= 0.6 is 0 Å². The largest absolute Gasteiger partial charge is 0.490 e. The molecule has 7 heteroatoms. The Morgan fingerprint density at radius 2 is 1.73 bits per heavy atom. The van der Waals surface area contributed by atoms with Crippen LogP contribution in [0.5, 0.6) is 11.5 Å². The van der Waals surface area contributed by atoms with Crippen molar-refractivity contribution < 1.29 is 13.9 Å². The Labute approximate surface area is 151 Å². The van der Waals surface area contributed by atoms with Crippen LogP contribution in [0.1, 0.15) is 31.3 Å². The maximum Gasteiger partial charge on any atom is 0.181 e. The van der Waals surface area contributed by atoms with Gasteiger partial charge < -0.3 is 15.2 Å². The number of nitrogens with one attached hydrogen (secondary N) is 1. The normalized spacial score (nSPS) is 12.0. The monoisotopic (exact) mass is 356 g/mol. The molecule has 0 saturated heterocycles. The molecule has 0 fully saturated rings. The minimum atomic E-state index is -0.522. The summed E-state index contributed by atoms with van der Waals surface area (Å²) in [4.78, 5) is 4.47. The van der Waals surface area contributed by atoms with Crippen LogP contribution in [-0.4, -0.2) is 28.4 Å². The van der Waals surface area contributed by atoms with Gasteiger partial charge in [-0.2, -0.15) is 5.10 Å². The molecule has 2 aromatic carbocycles. The van der Waals surface area contributed by atoms with Gasteiger partial charge in [0.05, 0.1) is 19.3 Å². The topological polar surface area (TPSA) is 86.0 Å². The molecule has 0 aliphatic heterocycles.